The predicted molar refractivity (Wildman–Crippen MR) is 41.4 cm³/mol. The molecule has 8 heteroatoms. The molecule has 0 aliphatic carbocycles. The van der Waals surface area contributed by atoms with Gasteiger partial charge >= 0.3 is 18.3 Å². The Bertz CT molecular complexity index is 242. The van der Waals surface area contributed by atoms with Crippen molar-refractivity contribution < 1.29 is 35.9 Å². The second kappa shape index (κ2) is 4.92. The van der Waals surface area contributed by atoms with E-state index in [-0.39, 0.29) is 0 Å². The number of rotatable bonds is 3. The van der Waals surface area contributed by atoms with Gasteiger partial charge in [0.1, 0.15) is 0 Å². The lowest BCUT2D eigenvalue weighted by atomic mass is 9.95. The first kappa shape index (κ1) is 15.0. The van der Waals surface area contributed by atoms with Gasteiger partial charge in [-0.3, -0.25) is 4.79 Å². The van der Waals surface area contributed by atoms with Crippen molar-refractivity contribution >= 4 is 5.97 Å². The standard InChI is InChI=1S/C8H10F6O2/c1-4(2)5(8(12,13)14)6(15)16-3-7(9,10)11/h4-5H,3H2,1-2H3. The zero-order valence-corrected chi connectivity index (χ0v) is 8.45. The quantitative estimate of drug-likeness (QED) is 0.570. The molecule has 0 fully saturated rings. The SMILES string of the molecule is CC(C)C(C(=O)OCC(F)(F)F)C(F)(F)F. The molecule has 0 heterocycles. The third-order valence-electron chi connectivity index (χ3n) is 1.65. The number of hydrogen-bond donors (Lipinski definition) is 0. The van der Waals surface area contributed by atoms with Crippen LogP contribution >= 0.6 is 0 Å². The number of hydrogen-bond acceptors (Lipinski definition) is 2. The molecule has 0 aromatic heterocycles. The smallest absolute Gasteiger partial charge is 0.422 e. The molecule has 1 atom stereocenters. The van der Waals surface area contributed by atoms with Gasteiger partial charge in [-0.25, -0.2) is 0 Å². The zero-order chi connectivity index (χ0) is 13.1. The fraction of sp³-hybridized carbons (Fsp3) is 0.875. The molecule has 2 nitrogen and oxygen atoms in total. The molecule has 0 amide bonds. The minimum absolute atomic E-state index is 1.08. The van der Waals surface area contributed by atoms with Crippen LogP contribution in [-0.2, 0) is 9.53 Å². The van der Waals surface area contributed by atoms with Gasteiger partial charge in [0.15, 0.2) is 12.5 Å². The summed E-state index contributed by atoms with van der Waals surface area (Å²) in [5.74, 6) is -5.62. The fourth-order valence-electron chi connectivity index (χ4n) is 1.03. The topological polar surface area (TPSA) is 26.3 Å². The lowest BCUT2D eigenvalue weighted by Crippen LogP contribution is -2.37. The van der Waals surface area contributed by atoms with Crippen LogP contribution < -0.4 is 0 Å². The van der Waals surface area contributed by atoms with Crippen molar-refractivity contribution in [2.45, 2.75) is 26.2 Å². The Morgan fingerprint density at radius 3 is 1.81 bits per heavy atom. The molecule has 96 valence electrons. The van der Waals surface area contributed by atoms with Crippen LogP contribution in [0.2, 0.25) is 0 Å². The average Bonchev–Trinajstić information content (AvgIpc) is 1.95. The molecule has 0 radical (unpaired) electrons. The lowest BCUT2D eigenvalue weighted by molar-refractivity contribution is -0.220. The van der Waals surface area contributed by atoms with Gasteiger partial charge in [0, 0.05) is 0 Å². The molecule has 1 unspecified atom stereocenters. The number of esters is 1. The normalized spacial score (nSPS) is 15.1. The molecule has 16 heavy (non-hydrogen) atoms. The summed E-state index contributed by atoms with van der Waals surface area (Å²) < 4.78 is 75.2. The van der Waals surface area contributed by atoms with Crippen molar-refractivity contribution in [3.63, 3.8) is 0 Å². The molecule has 0 N–H and O–H groups in total. The minimum Gasteiger partial charge on any atom is -0.456 e. The van der Waals surface area contributed by atoms with E-state index in [2.05, 4.69) is 4.74 Å². The molecule has 0 spiro atoms. The number of carbonyl (C=O) groups is 1. The van der Waals surface area contributed by atoms with Gasteiger partial charge in [0.05, 0.1) is 0 Å². The molecular weight excluding hydrogens is 242 g/mol. The van der Waals surface area contributed by atoms with Gasteiger partial charge in [0.25, 0.3) is 0 Å². The number of ether oxygens (including phenoxy) is 1. The van der Waals surface area contributed by atoms with Gasteiger partial charge in [-0.2, -0.15) is 26.3 Å². The maximum absolute atomic E-state index is 12.3. The van der Waals surface area contributed by atoms with E-state index in [0.29, 0.717) is 0 Å². The first-order valence-corrected chi connectivity index (χ1v) is 4.25. The van der Waals surface area contributed by atoms with E-state index < -0.39 is 36.8 Å². The zero-order valence-electron chi connectivity index (χ0n) is 8.45. The van der Waals surface area contributed by atoms with Crippen LogP contribution in [0.5, 0.6) is 0 Å². The molecule has 0 aliphatic heterocycles. The minimum atomic E-state index is -4.91. The summed E-state index contributed by atoms with van der Waals surface area (Å²) in [6.45, 7) is 0.144. The van der Waals surface area contributed by atoms with Crippen molar-refractivity contribution in [2.24, 2.45) is 11.8 Å². The summed E-state index contributed by atoms with van der Waals surface area (Å²) in [6, 6.07) is 0. The van der Waals surface area contributed by atoms with Gasteiger partial charge in [0.2, 0.25) is 0 Å². The second-order valence-electron chi connectivity index (χ2n) is 3.49. The lowest BCUT2D eigenvalue weighted by Gasteiger charge is -2.22. The van der Waals surface area contributed by atoms with Crippen LogP contribution in [0.25, 0.3) is 0 Å². The molecule has 0 bridgehead atoms. The van der Waals surface area contributed by atoms with Gasteiger partial charge < -0.3 is 4.74 Å². The van der Waals surface area contributed by atoms with Crippen LogP contribution in [0.1, 0.15) is 13.8 Å². The highest BCUT2D eigenvalue weighted by Crippen LogP contribution is 2.33. The Kier molecular flexibility index (Phi) is 4.63. The second-order valence-corrected chi connectivity index (χ2v) is 3.49. The number of carbonyl (C=O) groups excluding carboxylic acids is 1. The third-order valence-corrected chi connectivity index (χ3v) is 1.65. The van der Waals surface area contributed by atoms with E-state index >= 15 is 0 Å². The maximum Gasteiger partial charge on any atom is 0.422 e. The van der Waals surface area contributed by atoms with E-state index in [9.17, 15) is 31.1 Å². The van der Waals surface area contributed by atoms with Crippen molar-refractivity contribution in [3.05, 3.63) is 0 Å². The largest absolute Gasteiger partial charge is 0.456 e. The molecule has 0 saturated heterocycles. The number of alkyl halides is 6. The van der Waals surface area contributed by atoms with Crippen LogP contribution in [0.15, 0.2) is 0 Å². The van der Waals surface area contributed by atoms with Gasteiger partial charge in [-0.05, 0) is 5.92 Å². The van der Waals surface area contributed by atoms with Crippen molar-refractivity contribution in [1.82, 2.24) is 0 Å². The Morgan fingerprint density at radius 1 is 1.12 bits per heavy atom. The molecular formula is C8H10F6O2. The summed E-state index contributed by atoms with van der Waals surface area (Å²) in [5, 5.41) is 0. The van der Waals surface area contributed by atoms with E-state index in [1.165, 1.54) is 0 Å². The van der Waals surface area contributed by atoms with Crippen LogP contribution in [0.4, 0.5) is 26.3 Å². The molecule has 0 aliphatic rings. The Hall–Kier alpha value is -0.950. The predicted octanol–water partition coefficient (Wildman–Crippen LogP) is 2.93. The van der Waals surface area contributed by atoms with Crippen LogP contribution in [-0.4, -0.2) is 24.9 Å². The Balaban J connectivity index is 4.54. The monoisotopic (exact) mass is 252 g/mol. The summed E-state index contributed by atoms with van der Waals surface area (Å²) in [6.07, 6.45) is -9.74. The van der Waals surface area contributed by atoms with E-state index in [4.69, 9.17) is 0 Å². The average molecular weight is 252 g/mol. The third kappa shape index (κ3) is 5.22. The molecule has 0 saturated carbocycles. The summed E-state index contributed by atoms with van der Waals surface area (Å²) in [5.41, 5.74) is 0. The van der Waals surface area contributed by atoms with Crippen LogP contribution in [0, 0.1) is 11.8 Å². The van der Waals surface area contributed by atoms with Crippen LogP contribution in [0.3, 0.4) is 0 Å². The van der Waals surface area contributed by atoms with Crippen molar-refractivity contribution in [1.29, 1.82) is 0 Å². The first-order chi connectivity index (χ1) is 6.95. The molecule has 0 aromatic carbocycles. The van der Waals surface area contributed by atoms with Crippen molar-refractivity contribution in [3.8, 4) is 0 Å². The fourth-order valence-corrected chi connectivity index (χ4v) is 1.03. The first-order valence-electron chi connectivity index (χ1n) is 4.25. The van der Waals surface area contributed by atoms with Gasteiger partial charge in [-0.1, -0.05) is 13.8 Å². The van der Waals surface area contributed by atoms with E-state index in [1.807, 2.05) is 0 Å². The summed E-state index contributed by atoms with van der Waals surface area (Å²) in [7, 11) is 0. The maximum atomic E-state index is 12.3. The van der Waals surface area contributed by atoms with Crippen molar-refractivity contribution in [2.75, 3.05) is 6.61 Å². The van der Waals surface area contributed by atoms with Gasteiger partial charge in [-0.15, -0.1) is 0 Å². The summed E-state index contributed by atoms with van der Waals surface area (Å²) in [4.78, 5) is 10.8. The highest BCUT2D eigenvalue weighted by molar-refractivity contribution is 5.73. The molecule has 0 rings (SSSR count). The highest BCUT2D eigenvalue weighted by Gasteiger charge is 2.48. The van der Waals surface area contributed by atoms with E-state index in [0.717, 1.165) is 13.8 Å². The summed E-state index contributed by atoms with van der Waals surface area (Å²) >= 11 is 0. The Morgan fingerprint density at radius 2 is 1.56 bits per heavy atom. The highest BCUT2D eigenvalue weighted by atomic mass is 19.4. The number of halogens is 6. The Labute approximate surface area is 87.6 Å². The molecule has 0 aromatic rings. The van der Waals surface area contributed by atoms with E-state index in [1.54, 1.807) is 0 Å².